The van der Waals surface area contributed by atoms with Crippen LogP contribution in [0.3, 0.4) is 0 Å². The quantitative estimate of drug-likeness (QED) is 0.590. The van der Waals surface area contributed by atoms with E-state index in [1.54, 1.807) is 0 Å². The molecule has 0 aromatic heterocycles. The van der Waals surface area contributed by atoms with Gasteiger partial charge in [0.1, 0.15) is 6.23 Å². The number of Topliss-reactive ketones (excluding diaryl/α,β-unsaturated/α-hetero) is 1. The summed E-state index contributed by atoms with van der Waals surface area (Å²) in [6, 6.07) is 22.3. The largest absolute Gasteiger partial charge is 0.374 e. The van der Waals surface area contributed by atoms with E-state index in [0.29, 0.717) is 12.5 Å². The van der Waals surface area contributed by atoms with Gasteiger partial charge in [0.2, 0.25) is 0 Å². The number of piperidine rings is 1. The second-order valence-electron chi connectivity index (χ2n) is 8.71. The summed E-state index contributed by atoms with van der Waals surface area (Å²) in [4.78, 5) is 17.3. The number of aliphatic hydroxyl groups is 1. The van der Waals surface area contributed by atoms with Gasteiger partial charge in [-0.2, -0.15) is 0 Å². The van der Waals surface area contributed by atoms with Gasteiger partial charge in [0.15, 0.2) is 5.78 Å². The Hall–Kier alpha value is -2.24. The van der Waals surface area contributed by atoms with Gasteiger partial charge in [-0.1, -0.05) is 60.7 Å². The number of carbonyl (C=O) groups is 1. The van der Waals surface area contributed by atoms with Crippen LogP contribution in [0.15, 0.2) is 66.7 Å². The molecule has 0 radical (unpaired) electrons. The predicted octanol–water partition coefficient (Wildman–Crippen LogP) is 4.66. The third kappa shape index (κ3) is 4.68. The van der Waals surface area contributed by atoms with Gasteiger partial charge in [0, 0.05) is 18.7 Å². The molecule has 162 valence electrons. The number of rotatable bonds is 5. The Kier molecular flexibility index (Phi) is 6.73. The maximum atomic E-state index is 12.8. The zero-order valence-corrected chi connectivity index (χ0v) is 18.4. The van der Waals surface area contributed by atoms with E-state index in [0.717, 1.165) is 55.5 Å². The van der Waals surface area contributed by atoms with E-state index in [4.69, 9.17) is 0 Å². The Morgan fingerprint density at radius 1 is 0.935 bits per heavy atom. The van der Waals surface area contributed by atoms with Crippen LogP contribution in [0.25, 0.3) is 10.8 Å². The summed E-state index contributed by atoms with van der Waals surface area (Å²) >= 11 is 0. The highest BCUT2D eigenvalue weighted by molar-refractivity contribution is 6.01. The summed E-state index contributed by atoms with van der Waals surface area (Å²) in [6.07, 6.45) is 1.67. The molecular weight excluding hydrogens is 408 g/mol. The van der Waals surface area contributed by atoms with Crippen LogP contribution >= 0.6 is 12.4 Å². The number of hydrogen-bond acceptors (Lipinski definition) is 4. The first kappa shape index (κ1) is 22.0. The first-order valence-corrected chi connectivity index (χ1v) is 10.9. The molecular formula is C26H29ClN2O2. The van der Waals surface area contributed by atoms with Crippen molar-refractivity contribution in [1.82, 2.24) is 9.80 Å². The average Bonchev–Trinajstić information content (AvgIpc) is 3.10. The lowest BCUT2D eigenvalue weighted by atomic mass is 9.95. The van der Waals surface area contributed by atoms with E-state index in [9.17, 15) is 9.90 Å². The van der Waals surface area contributed by atoms with E-state index in [2.05, 4.69) is 28.0 Å². The fourth-order valence-electron chi connectivity index (χ4n) is 4.91. The Bertz CT molecular complexity index is 1060. The second-order valence-corrected chi connectivity index (χ2v) is 8.71. The molecule has 1 fully saturated rings. The molecule has 1 atom stereocenters. The second kappa shape index (κ2) is 9.49. The molecule has 5 rings (SSSR count). The van der Waals surface area contributed by atoms with Gasteiger partial charge in [0.25, 0.3) is 0 Å². The first-order chi connectivity index (χ1) is 14.7. The number of nitrogens with zero attached hydrogens (tertiary/aromatic N) is 2. The van der Waals surface area contributed by atoms with E-state index < -0.39 is 6.23 Å². The van der Waals surface area contributed by atoms with Gasteiger partial charge in [0.05, 0.1) is 6.54 Å². The maximum absolute atomic E-state index is 12.8. The third-order valence-corrected chi connectivity index (χ3v) is 6.69. The molecule has 1 unspecified atom stereocenters. The fourth-order valence-corrected chi connectivity index (χ4v) is 4.91. The van der Waals surface area contributed by atoms with Crippen molar-refractivity contribution >= 4 is 29.0 Å². The molecule has 1 saturated heterocycles. The van der Waals surface area contributed by atoms with Gasteiger partial charge in [-0.05, 0) is 59.8 Å². The average molecular weight is 437 g/mol. The summed E-state index contributed by atoms with van der Waals surface area (Å²) in [5, 5.41) is 12.9. The zero-order valence-electron chi connectivity index (χ0n) is 17.6. The van der Waals surface area contributed by atoms with Crippen LogP contribution in [0.1, 0.15) is 40.6 Å². The van der Waals surface area contributed by atoms with E-state index in [-0.39, 0.29) is 18.2 Å². The van der Waals surface area contributed by atoms with Crippen molar-refractivity contribution in [3.8, 4) is 0 Å². The van der Waals surface area contributed by atoms with Gasteiger partial charge >= 0.3 is 0 Å². The molecule has 4 nitrogen and oxygen atoms in total. The lowest BCUT2D eigenvalue weighted by Crippen LogP contribution is -2.40. The number of ketones is 1. The number of likely N-dealkylation sites (tertiary alicyclic amines) is 1. The monoisotopic (exact) mass is 436 g/mol. The molecule has 0 amide bonds. The summed E-state index contributed by atoms with van der Waals surface area (Å²) in [5.41, 5.74) is 3.09. The number of hydrogen-bond donors (Lipinski definition) is 1. The van der Waals surface area contributed by atoms with Crippen molar-refractivity contribution in [2.24, 2.45) is 5.92 Å². The van der Waals surface area contributed by atoms with Crippen LogP contribution in [0, 0.1) is 5.92 Å². The van der Waals surface area contributed by atoms with Gasteiger partial charge in [-0.25, -0.2) is 0 Å². The lowest BCUT2D eigenvalue weighted by molar-refractivity contribution is -0.00352. The number of fused-ring (bicyclic) bond motifs is 2. The van der Waals surface area contributed by atoms with E-state index in [1.165, 1.54) is 10.9 Å². The van der Waals surface area contributed by atoms with Crippen LogP contribution in [-0.2, 0) is 6.54 Å². The topological polar surface area (TPSA) is 43.8 Å². The van der Waals surface area contributed by atoms with Crippen molar-refractivity contribution in [1.29, 1.82) is 0 Å². The minimum absolute atomic E-state index is 0. The van der Waals surface area contributed by atoms with Crippen molar-refractivity contribution in [2.45, 2.75) is 25.6 Å². The van der Waals surface area contributed by atoms with Crippen molar-refractivity contribution in [3.63, 3.8) is 0 Å². The Morgan fingerprint density at radius 2 is 1.65 bits per heavy atom. The molecule has 31 heavy (non-hydrogen) atoms. The molecule has 3 aromatic carbocycles. The van der Waals surface area contributed by atoms with Crippen molar-refractivity contribution < 1.29 is 9.90 Å². The molecule has 0 saturated carbocycles. The van der Waals surface area contributed by atoms with E-state index >= 15 is 0 Å². The normalized spacial score (nSPS) is 19.8. The minimum Gasteiger partial charge on any atom is -0.374 e. The summed E-state index contributed by atoms with van der Waals surface area (Å²) in [6.45, 7) is 4.13. The number of carbonyl (C=O) groups excluding carboxylic acids is 1. The van der Waals surface area contributed by atoms with Gasteiger partial charge in [-0.15, -0.1) is 12.4 Å². The number of halogens is 1. The number of aliphatic hydroxyl groups excluding tert-OH is 1. The molecule has 0 bridgehead atoms. The van der Waals surface area contributed by atoms with Crippen LogP contribution in [0.2, 0.25) is 0 Å². The first-order valence-electron chi connectivity index (χ1n) is 10.9. The van der Waals surface area contributed by atoms with Gasteiger partial charge in [-0.3, -0.25) is 14.6 Å². The summed E-state index contributed by atoms with van der Waals surface area (Å²) < 4.78 is 0. The van der Waals surface area contributed by atoms with Crippen molar-refractivity contribution in [2.75, 3.05) is 26.2 Å². The van der Waals surface area contributed by atoms with Crippen LogP contribution in [-0.4, -0.2) is 46.9 Å². The molecule has 2 heterocycles. The molecule has 0 spiro atoms. The van der Waals surface area contributed by atoms with Crippen LogP contribution < -0.4 is 0 Å². The Labute approximate surface area is 189 Å². The highest BCUT2D eigenvalue weighted by atomic mass is 35.5. The highest BCUT2D eigenvalue weighted by Gasteiger charge is 2.31. The molecule has 5 heteroatoms. The zero-order chi connectivity index (χ0) is 20.5. The third-order valence-electron chi connectivity index (χ3n) is 6.69. The van der Waals surface area contributed by atoms with E-state index in [1.807, 2.05) is 48.5 Å². The lowest BCUT2D eigenvalue weighted by Gasteiger charge is -2.34. The summed E-state index contributed by atoms with van der Waals surface area (Å²) in [7, 11) is 0. The summed E-state index contributed by atoms with van der Waals surface area (Å²) in [5.74, 6) is 0.769. The number of benzene rings is 3. The van der Waals surface area contributed by atoms with Crippen LogP contribution in [0.5, 0.6) is 0 Å². The fraction of sp³-hybridized carbons (Fsp3) is 0.346. The molecule has 0 aliphatic carbocycles. The van der Waals surface area contributed by atoms with Crippen LogP contribution in [0.4, 0.5) is 0 Å². The molecule has 3 aromatic rings. The Morgan fingerprint density at radius 3 is 2.42 bits per heavy atom. The predicted molar refractivity (Wildman–Crippen MR) is 127 cm³/mol. The smallest absolute Gasteiger partial charge is 0.176 e. The minimum atomic E-state index is -0.478. The SMILES string of the molecule is Cl.O=C(CN1CCC(CN2Cc3ccccc3C2O)CC1)c1ccc2ccccc2c1. The van der Waals surface area contributed by atoms with Crippen molar-refractivity contribution in [3.05, 3.63) is 83.4 Å². The van der Waals surface area contributed by atoms with Gasteiger partial charge < -0.3 is 5.11 Å². The highest BCUT2D eigenvalue weighted by Crippen LogP contribution is 2.33. The molecule has 2 aliphatic heterocycles. The molecule has 2 aliphatic rings. The molecule has 1 N–H and O–H groups in total. The Balaban J connectivity index is 0.00000231. The standard InChI is InChI=1S/C26H28N2O2.ClH/c29-25(22-10-9-20-5-1-2-6-21(20)15-22)18-27-13-11-19(12-14-27)16-28-17-23-7-3-4-8-24(23)26(28)30;/h1-10,15,19,26,30H,11-14,16-18H2;1H. The maximum Gasteiger partial charge on any atom is 0.176 e.